The number of hydrogen-bond donors (Lipinski definition) is 2. The van der Waals surface area contributed by atoms with E-state index < -0.39 is 11.7 Å². The summed E-state index contributed by atoms with van der Waals surface area (Å²) < 4.78 is 10.4. The predicted octanol–water partition coefficient (Wildman–Crippen LogP) is 1.54. The molecule has 0 aliphatic rings. The van der Waals surface area contributed by atoms with Crippen molar-refractivity contribution in [3.8, 4) is 0 Å². The largest absolute Gasteiger partial charge is 0.465 e. The van der Waals surface area contributed by atoms with Crippen molar-refractivity contribution < 1.29 is 13.9 Å². The van der Waals surface area contributed by atoms with Crippen molar-refractivity contribution in [3.63, 3.8) is 0 Å². The van der Waals surface area contributed by atoms with E-state index >= 15 is 0 Å². The van der Waals surface area contributed by atoms with Crippen LogP contribution in [0.15, 0.2) is 16.5 Å². The number of ether oxygens (including phenoxy) is 1. The maximum atomic E-state index is 10.6. The minimum atomic E-state index is -0.757. The lowest BCUT2D eigenvalue weighted by Gasteiger charge is -2.23. The molecule has 1 amide bonds. The summed E-state index contributed by atoms with van der Waals surface area (Å²) in [6, 6.07) is 3.72. The highest BCUT2D eigenvalue weighted by Crippen LogP contribution is 2.19. The molecule has 0 aliphatic heterocycles. The van der Waals surface area contributed by atoms with Gasteiger partial charge in [-0.15, -0.1) is 0 Å². The van der Waals surface area contributed by atoms with E-state index in [4.69, 9.17) is 20.6 Å². The summed E-state index contributed by atoms with van der Waals surface area (Å²) in [5.41, 5.74) is 9.82. The Hall–Kier alpha value is -1.49. The van der Waals surface area contributed by atoms with Crippen molar-refractivity contribution in [2.24, 2.45) is 11.5 Å². The Morgan fingerprint density at radius 2 is 2.06 bits per heavy atom. The van der Waals surface area contributed by atoms with Crippen LogP contribution in [0.1, 0.15) is 31.8 Å². The number of furan rings is 1. The van der Waals surface area contributed by atoms with Gasteiger partial charge in [0.2, 0.25) is 0 Å². The molecular weight excluding hydrogens is 208 g/mol. The summed E-state index contributed by atoms with van der Waals surface area (Å²) >= 11 is 0. The summed E-state index contributed by atoms with van der Waals surface area (Å²) in [6.07, 6.45) is 0.570. The predicted molar refractivity (Wildman–Crippen MR) is 59.7 cm³/mol. The van der Waals surface area contributed by atoms with Gasteiger partial charge < -0.3 is 20.6 Å². The third-order valence-corrected chi connectivity index (χ3v) is 2.27. The molecule has 0 radical (unpaired) electrons. The molecule has 0 aliphatic carbocycles. The topological polar surface area (TPSA) is 91.5 Å². The molecule has 0 bridgehead atoms. The quantitative estimate of drug-likeness (QED) is 0.796. The normalized spacial score (nSPS) is 11.4. The average molecular weight is 226 g/mol. The van der Waals surface area contributed by atoms with E-state index in [9.17, 15) is 4.79 Å². The Morgan fingerprint density at radius 3 is 2.56 bits per heavy atom. The van der Waals surface area contributed by atoms with Crippen LogP contribution in [0.25, 0.3) is 0 Å². The minimum absolute atomic E-state index is 0.390. The molecule has 0 spiro atoms. The molecule has 0 fully saturated rings. The molecule has 0 saturated heterocycles. The zero-order valence-electron chi connectivity index (χ0n) is 9.66. The van der Waals surface area contributed by atoms with Gasteiger partial charge >= 0.3 is 6.09 Å². The standard InChI is InChI=1S/C11H18N2O3/c1-11(2,16-10(13)14)6-5-8-3-4-9(7-12)15-8/h3-4H,5-7,12H2,1-2H3,(H2,13,14). The zero-order valence-corrected chi connectivity index (χ0v) is 9.66. The number of primary amides is 1. The lowest BCUT2D eigenvalue weighted by atomic mass is 10.0. The first kappa shape index (κ1) is 12.6. The molecule has 4 N–H and O–H groups in total. The third kappa shape index (κ3) is 3.94. The zero-order chi connectivity index (χ0) is 12.2. The van der Waals surface area contributed by atoms with Crippen LogP contribution in [0.3, 0.4) is 0 Å². The number of hydrogen-bond acceptors (Lipinski definition) is 4. The first-order valence-corrected chi connectivity index (χ1v) is 5.19. The maximum Gasteiger partial charge on any atom is 0.405 e. The number of rotatable bonds is 5. The lowest BCUT2D eigenvalue weighted by Crippen LogP contribution is -2.31. The third-order valence-electron chi connectivity index (χ3n) is 2.27. The van der Waals surface area contributed by atoms with Crippen LogP contribution in [0, 0.1) is 0 Å². The smallest absolute Gasteiger partial charge is 0.405 e. The lowest BCUT2D eigenvalue weighted by molar-refractivity contribution is 0.0384. The van der Waals surface area contributed by atoms with Gasteiger partial charge in [-0.2, -0.15) is 0 Å². The molecule has 5 nitrogen and oxygen atoms in total. The van der Waals surface area contributed by atoms with Crippen LogP contribution in [0.5, 0.6) is 0 Å². The summed E-state index contributed by atoms with van der Waals surface area (Å²) in [7, 11) is 0. The van der Waals surface area contributed by atoms with Crippen LogP contribution in [0.2, 0.25) is 0 Å². The molecule has 0 saturated carbocycles. The number of carbonyl (C=O) groups is 1. The molecule has 90 valence electrons. The molecule has 0 atom stereocenters. The van der Waals surface area contributed by atoms with E-state index in [-0.39, 0.29) is 0 Å². The molecule has 16 heavy (non-hydrogen) atoms. The highest BCUT2D eigenvalue weighted by molar-refractivity contribution is 5.65. The minimum Gasteiger partial charge on any atom is -0.465 e. The van der Waals surface area contributed by atoms with Crippen LogP contribution < -0.4 is 11.5 Å². The van der Waals surface area contributed by atoms with Gasteiger partial charge in [0.25, 0.3) is 0 Å². The van der Waals surface area contributed by atoms with Gasteiger partial charge in [-0.05, 0) is 32.4 Å². The Morgan fingerprint density at radius 1 is 1.44 bits per heavy atom. The Kier molecular flexibility index (Phi) is 3.95. The fourth-order valence-corrected chi connectivity index (χ4v) is 1.41. The molecule has 1 heterocycles. The molecule has 1 rings (SSSR count). The highest BCUT2D eigenvalue weighted by Gasteiger charge is 2.21. The van der Waals surface area contributed by atoms with Crippen molar-refractivity contribution in [2.45, 2.75) is 38.8 Å². The molecular formula is C11H18N2O3. The summed E-state index contributed by atoms with van der Waals surface area (Å²) in [6.45, 7) is 4.01. The highest BCUT2D eigenvalue weighted by atomic mass is 16.6. The average Bonchev–Trinajstić information content (AvgIpc) is 2.60. The Labute approximate surface area is 94.7 Å². The van der Waals surface area contributed by atoms with E-state index in [0.29, 0.717) is 19.4 Å². The van der Waals surface area contributed by atoms with Crippen LogP contribution in [-0.2, 0) is 17.7 Å². The molecule has 0 unspecified atom stereocenters. The SMILES string of the molecule is CC(C)(CCc1ccc(CN)o1)OC(N)=O. The van der Waals surface area contributed by atoms with Gasteiger partial charge in [-0.1, -0.05) is 0 Å². The second-order valence-electron chi connectivity index (χ2n) is 4.25. The van der Waals surface area contributed by atoms with Gasteiger partial charge in [0.1, 0.15) is 17.1 Å². The molecule has 1 aromatic heterocycles. The summed E-state index contributed by atoms with van der Waals surface area (Å²) in [4.78, 5) is 10.6. The first-order chi connectivity index (χ1) is 7.43. The second-order valence-corrected chi connectivity index (χ2v) is 4.25. The number of aryl methyl sites for hydroxylation is 1. The fraction of sp³-hybridized carbons (Fsp3) is 0.545. The van der Waals surface area contributed by atoms with Crippen LogP contribution in [0.4, 0.5) is 4.79 Å². The Balaban J connectivity index is 2.47. The van der Waals surface area contributed by atoms with E-state index in [1.54, 1.807) is 0 Å². The van der Waals surface area contributed by atoms with Crippen molar-refractivity contribution >= 4 is 6.09 Å². The first-order valence-electron chi connectivity index (χ1n) is 5.19. The molecule has 5 heteroatoms. The van der Waals surface area contributed by atoms with Crippen molar-refractivity contribution in [2.75, 3.05) is 0 Å². The van der Waals surface area contributed by atoms with Gasteiger partial charge in [-0.25, -0.2) is 4.79 Å². The Bertz CT molecular complexity index is 358. The van der Waals surface area contributed by atoms with Crippen molar-refractivity contribution in [1.29, 1.82) is 0 Å². The van der Waals surface area contributed by atoms with E-state index in [2.05, 4.69) is 0 Å². The van der Waals surface area contributed by atoms with Crippen molar-refractivity contribution in [1.82, 2.24) is 0 Å². The monoisotopic (exact) mass is 226 g/mol. The van der Waals surface area contributed by atoms with Gasteiger partial charge in [-0.3, -0.25) is 0 Å². The van der Waals surface area contributed by atoms with Crippen LogP contribution >= 0.6 is 0 Å². The van der Waals surface area contributed by atoms with Crippen molar-refractivity contribution in [3.05, 3.63) is 23.7 Å². The van der Waals surface area contributed by atoms with E-state index in [1.807, 2.05) is 26.0 Å². The maximum absolute atomic E-state index is 10.6. The van der Waals surface area contributed by atoms with Gasteiger partial charge in [0, 0.05) is 6.42 Å². The number of carbonyl (C=O) groups excluding carboxylic acids is 1. The van der Waals surface area contributed by atoms with E-state index in [1.165, 1.54) is 0 Å². The fourth-order valence-electron chi connectivity index (χ4n) is 1.41. The van der Waals surface area contributed by atoms with E-state index in [0.717, 1.165) is 11.5 Å². The number of nitrogens with two attached hydrogens (primary N) is 2. The summed E-state index contributed by atoms with van der Waals surface area (Å²) in [5.74, 6) is 1.59. The molecule has 0 aromatic carbocycles. The van der Waals surface area contributed by atoms with Gasteiger partial charge in [0.05, 0.1) is 6.54 Å². The second kappa shape index (κ2) is 5.03. The van der Waals surface area contributed by atoms with Crippen LogP contribution in [-0.4, -0.2) is 11.7 Å². The summed E-state index contributed by atoms with van der Waals surface area (Å²) in [5, 5.41) is 0. The molecule has 1 aromatic rings. The number of amides is 1. The van der Waals surface area contributed by atoms with Gasteiger partial charge in [0.15, 0.2) is 0 Å².